The lowest BCUT2D eigenvalue weighted by Gasteiger charge is -2.09. The highest BCUT2D eigenvalue weighted by molar-refractivity contribution is 6.30. The molecule has 0 saturated carbocycles. The lowest BCUT2D eigenvalue weighted by atomic mass is 9.93. The fourth-order valence-corrected chi connectivity index (χ4v) is 4.00. The lowest BCUT2D eigenvalue weighted by molar-refractivity contribution is 0.0919. The van der Waals surface area contributed by atoms with Crippen molar-refractivity contribution in [2.24, 2.45) is 0 Å². The van der Waals surface area contributed by atoms with Gasteiger partial charge < -0.3 is 14.7 Å². The van der Waals surface area contributed by atoms with Crippen molar-refractivity contribution in [1.82, 2.24) is 25.1 Å². The van der Waals surface area contributed by atoms with E-state index >= 15 is 0 Å². The standard InChI is InChI=1S/C22H20ClN5O2/c1-13-19-17(30-21(13)22(29)26-10-18-24-8-9-25-18)7-4-15-12-28(27-20(15)19)11-14-2-5-16(23)6-3-14/h2-3,5-6,8-9,12H,4,7,10-11H2,1H3,(H,24,25)(H,26,29). The molecule has 3 aromatic heterocycles. The van der Waals surface area contributed by atoms with Gasteiger partial charge in [-0.1, -0.05) is 23.7 Å². The van der Waals surface area contributed by atoms with E-state index in [0.717, 1.165) is 46.0 Å². The minimum Gasteiger partial charge on any atom is -0.455 e. The van der Waals surface area contributed by atoms with E-state index < -0.39 is 0 Å². The Labute approximate surface area is 178 Å². The van der Waals surface area contributed by atoms with Crippen LogP contribution in [0.5, 0.6) is 0 Å². The summed E-state index contributed by atoms with van der Waals surface area (Å²) >= 11 is 5.98. The van der Waals surface area contributed by atoms with Gasteiger partial charge in [-0.2, -0.15) is 5.10 Å². The van der Waals surface area contributed by atoms with Crippen LogP contribution in [0.3, 0.4) is 0 Å². The van der Waals surface area contributed by atoms with Crippen molar-refractivity contribution in [1.29, 1.82) is 0 Å². The molecule has 152 valence electrons. The number of benzene rings is 1. The van der Waals surface area contributed by atoms with E-state index in [1.807, 2.05) is 35.9 Å². The molecule has 1 amide bonds. The van der Waals surface area contributed by atoms with Crippen molar-refractivity contribution < 1.29 is 9.21 Å². The largest absolute Gasteiger partial charge is 0.455 e. The van der Waals surface area contributed by atoms with E-state index in [1.54, 1.807) is 12.4 Å². The minimum absolute atomic E-state index is 0.250. The lowest BCUT2D eigenvalue weighted by Crippen LogP contribution is -2.23. The molecule has 30 heavy (non-hydrogen) atoms. The molecule has 1 aromatic carbocycles. The number of hydrogen-bond donors (Lipinski definition) is 2. The fraction of sp³-hybridized carbons (Fsp3) is 0.227. The third-order valence-electron chi connectivity index (χ3n) is 5.35. The number of H-pyrrole nitrogens is 1. The molecule has 0 radical (unpaired) electrons. The Morgan fingerprint density at radius 1 is 1.30 bits per heavy atom. The van der Waals surface area contributed by atoms with Gasteiger partial charge >= 0.3 is 0 Å². The topological polar surface area (TPSA) is 88.7 Å². The molecule has 0 fully saturated rings. The van der Waals surface area contributed by atoms with E-state index in [9.17, 15) is 4.79 Å². The number of aromatic amines is 1. The predicted octanol–water partition coefficient (Wildman–Crippen LogP) is 3.90. The number of carbonyl (C=O) groups excluding carboxylic acids is 1. The zero-order chi connectivity index (χ0) is 20.7. The fourth-order valence-electron chi connectivity index (χ4n) is 3.88. The number of halogens is 1. The van der Waals surface area contributed by atoms with Crippen LogP contribution in [-0.4, -0.2) is 25.7 Å². The highest BCUT2D eigenvalue weighted by Crippen LogP contribution is 2.38. The van der Waals surface area contributed by atoms with Crippen LogP contribution in [-0.2, 0) is 25.9 Å². The third-order valence-corrected chi connectivity index (χ3v) is 5.60. The van der Waals surface area contributed by atoms with E-state index in [-0.39, 0.29) is 5.91 Å². The van der Waals surface area contributed by atoms with Gasteiger partial charge in [-0.15, -0.1) is 0 Å². The van der Waals surface area contributed by atoms with E-state index in [2.05, 4.69) is 21.5 Å². The van der Waals surface area contributed by atoms with E-state index in [1.165, 1.54) is 5.56 Å². The average molecular weight is 422 g/mol. The Morgan fingerprint density at radius 2 is 2.13 bits per heavy atom. The molecule has 1 aliphatic rings. The normalized spacial score (nSPS) is 12.5. The number of fused-ring (bicyclic) bond motifs is 3. The first-order chi connectivity index (χ1) is 14.6. The summed E-state index contributed by atoms with van der Waals surface area (Å²) in [6.07, 6.45) is 7.04. The molecule has 1 aliphatic carbocycles. The van der Waals surface area contributed by atoms with Crippen LogP contribution < -0.4 is 5.32 Å². The van der Waals surface area contributed by atoms with Crippen molar-refractivity contribution in [3.05, 3.63) is 81.9 Å². The van der Waals surface area contributed by atoms with Crippen LogP contribution in [0.4, 0.5) is 0 Å². The first kappa shape index (κ1) is 18.7. The molecule has 8 heteroatoms. The first-order valence-corrected chi connectivity index (χ1v) is 10.2. The van der Waals surface area contributed by atoms with Crippen LogP contribution in [0, 0.1) is 6.92 Å². The maximum Gasteiger partial charge on any atom is 0.287 e. The molecule has 2 N–H and O–H groups in total. The number of nitrogens with one attached hydrogen (secondary N) is 2. The molecule has 0 aliphatic heterocycles. The Kier molecular flexibility index (Phi) is 4.67. The highest BCUT2D eigenvalue weighted by atomic mass is 35.5. The van der Waals surface area contributed by atoms with Gasteiger partial charge in [0.2, 0.25) is 0 Å². The number of aryl methyl sites for hydroxylation is 2. The molecular formula is C22H20ClN5O2. The molecule has 0 bridgehead atoms. The summed E-state index contributed by atoms with van der Waals surface area (Å²) in [5.74, 6) is 1.60. The number of carbonyl (C=O) groups is 1. The molecule has 0 spiro atoms. The van der Waals surface area contributed by atoms with Crippen molar-refractivity contribution in [2.45, 2.75) is 32.9 Å². The zero-order valence-electron chi connectivity index (χ0n) is 16.4. The molecule has 0 saturated heterocycles. The third kappa shape index (κ3) is 3.41. The van der Waals surface area contributed by atoms with E-state index in [0.29, 0.717) is 24.7 Å². The van der Waals surface area contributed by atoms with Gasteiger partial charge in [-0.05, 0) is 36.6 Å². The van der Waals surface area contributed by atoms with Crippen LogP contribution in [0.25, 0.3) is 11.3 Å². The quantitative estimate of drug-likeness (QED) is 0.511. The van der Waals surface area contributed by atoms with Crippen molar-refractivity contribution in [3.63, 3.8) is 0 Å². The molecule has 5 rings (SSSR count). The van der Waals surface area contributed by atoms with Gasteiger partial charge in [0.15, 0.2) is 5.76 Å². The Hall–Kier alpha value is -3.32. The van der Waals surface area contributed by atoms with Gasteiger partial charge in [0, 0.05) is 41.2 Å². The van der Waals surface area contributed by atoms with Gasteiger partial charge in [0.1, 0.15) is 11.6 Å². The van der Waals surface area contributed by atoms with Crippen molar-refractivity contribution in [2.75, 3.05) is 0 Å². The SMILES string of the molecule is Cc1c(C(=O)NCc2ncc[nH]2)oc2c1-c1nn(Cc3ccc(Cl)cc3)cc1CC2. The summed E-state index contributed by atoms with van der Waals surface area (Å²) in [6.45, 7) is 2.89. The van der Waals surface area contributed by atoms with Crippen LogP contribution in [0.2, 0.25) is 5.02 Å². The summed E-state index contributed by atoms with van der Waals surface area (Å²) in [6, 6.07) is 7.76. The Bertz CT molecular complexity index is 1210. The first-order valence-electron chi connectivity index (χ1n) is 9.78. The minimum atomic E-state index is -0.250. The van der Waals surface area contributed by atoms with Crippen LogP contribution in [0.15, 0.2) is 47.3 Å². The van der Waals surface area contributed by atoms with Gasteiger partial charge in [0.05, 0.1) is 18.8 Å². The number of rotatable bonds is 5. The zero-order valence-corrected chi connectivity index (χ0v) is 17.2. The maximum atomic E-state index is 12.7. The molecule has 7 nitrogen and oxygen atoms in total. The number of aromatic nitrogens is 4. The summed E-state index contributed by atoms with van der Waals surface area (Å²) in [5, 5.41) is 8.38. The Morgan fingerprint density at radius 3 is 2.90 bits per heavy atom. The van der Waals surface area contributed by atoms with Crippen molar-refractivity contribution in [3.8, 4) is 11.3 Å². The van der Waals surface area contributed by atoms with E-state index in [4.69, 9.17) is 21.1 Å². The summed E-state index contributed by atoms with van der Waals surface area (Å²) in [7, 11) is 0. The summed E-state index contributed by atoms with van der Waals surface area (Å²) in [4.78, 5) is 19.8. The second-order valence-electron chi connectivity index (χ2n) is 7.40. The number of nitrogens with zero attached hydrogens (tertiary/aromatic N) is 3. The van der Waals surface area contributed by atoms with Gasteiger partial charge in [0.25, 0.3) is 5.91 Å². The molecule has 0 atom stereocenters. The number of hydrogen-bond acceptors (Lipinski definition) is 4. The molecule has 0 unspecified atom stereocenters. The van der Waals surface area contributed by atoms with Gasteiger partial charge in [-0.3, -0.25) is 9.48 Å². The summed E-state index contributed by atoms with van der Waals surface area (Å²) in [5.41, 5.74) is 4.95. The second kappa shape index (κ2) is 7.50. The molecular weight excluding hydrogens is 402 g/mol. The smallest absolute Gasteiger partial charge is 0.287 e. The number of furan rings is 1. The van der Waals surface area contributed by atoms with Crippen LogP contribution in [0.1, 0.15) is 38.8 Å². The molecule has 3 heterocycles. The predicted molar refractivity (Wildman–Crippen MR) is 112 cm³/mol. The van der Waals surface area contributed by atoms with Gasteiger partial charge in [-0.25, -0.2) is 4.98 Å². The maximum absolute atomic E-state index is 12.7. The Balaban J connectivity index is 1.40. The van der Waals surface area contributed by atoms with Crippen LogP contribution >= 0.6 is 11.6 Å². The average Bonchev–Trinajstić information content (AvgIpc) is 3.46. The van der Waals surface area contributed by atoms with Crippen molar-refractivity contribution >= 4 is 17.5 Å². The number of imidazole rings is 1. The highest BCUT2D eigenvalue weighted by Gasteiger charge is 2.29. The second-order valence-corrected chi connectivity index (χ2v) is 7.84. The summed E-state index contributed by atoms with van der Waals surface area (Å²) < 4.78 is 7.90. The monoisotopic (exact) mass is 421 g/mol. The number of amides is 1. The molecule has 4 aromatic rings.